The largest absolute Gasteiger partial charge is 0.390 e. The molecule has 3 nitrogen and oxygen atoms in total. The highest BCUT2D eigenvalue weighted by molar-refractivity contribution is 4.95. The Morgan fingerprint density at radius 2 is 1.79 bits per heavy atom. The number of ether oxygens (including phenoxy) is 1. The standard InChI is InChI=1S/C21H40O3/c1-14(2)17-8-10-21(23,19(22)11-17)13-24-18-12-20(6,15(3)4)9-7-16(18)5/h14-19,22-23H,7-13H2,1-6H3. The van der Waals surface area contributed by atoms with Gasteiger partial charge in [-0.05, 0) is 67.6 Å². The molecule has 0 radical (unpaired) electrons. The molecule has 0 spiro atoms. The van der Waals surface area contributed by atoms with Crippen molar-refractivity contribution in [2.75, 3.05) is 6.61 Å². The molecular weight excluding hydrogens is 300 g/mol. The highest BCUT2D eigenvalue weighted by Crippen LogP contribution is 2.45. The van der Waals surface area contributed by atoms with Gasteiger partial charge in [-0.2, -0.15) is 0 Å². The molecule has 2 fully saturated rings. The van der Waals surface area contributed by atoms with Crippen LogP contribution in [0.5, 0.6) is 0 Å². The highest BCUT2D eigenvalue weighted by atomic mass is 16.5. The van der Waals surface area contributed by atoms with Crippen LogP contribution in [0.4, 0.5) is 0 Å². The molecule has 0 saturated heterocycles. The minimum absolute atomic E-state index is 0.199. The molecule has 24 heavy (non-hydrogen) atoms. The van der Waals surface area contributed by atoms with Crippen molar-refractivity contribution in [3.05, 3.63) is 0 Å². The van der Waals surface area contributed by atoms with Gasteiger partial charge in [0.05, 0.1) is 18.8 Å². The minimum Gasteiger partial charge on any atom is -0.390 e. The first-order valence-electron chi connectivity index (χ1n) is 10.1. The van der Waals surface area contributed by atoms with Gasteiger partial charge in [-0.25, -0.2) is 0 Å². The fourth-order valence-corrected chi connectivity index (χ4v) is 4.50. The first-order chi connectivity index (χ1) is 11.1. The summed E-state index contributed by atoms with van der Waals surface area (Å²) in [5.74, 6) is 2.25. The average Bonchev–Trinajstić information content (AvgIpc) is 2.51. The maximum Gasteiger partial charge on any atom is 0.114 e. The van der Waals surface area contributed by atoms with E-state index in [-0.39, 0.29) is 12.7 Å². The molecule has 142 valence electrons. The quantitative estimate of drug-likeness (QED) is 0.780. The van der Waals surface area contributed by atoms with Crippen molar-refractivity contribution in [2.45, 2.75) is 97.9 Å². The van der Waals surface area contributed by atoms with Gasteiger partial charge in [-0.1, -0.05) is 41.5 Å². The van der Waals surface area contributed by atoms with Crippen molar-refractivity contribution in [1.29, 1.82) is 0 Å². The highest BCUT2D eigenvalue weighted by Gasteiger charge is 2.44. The van der Waals surface area contributed by atoms with Gasteiger partial charge in [-0.3, -0.25) is 0 Å². The van der Waals surface area contributed by atoms with Crippen LogP contribution in [0.1, 0.15) is 80.1 Å². The van der Waals surface area contributed by atoms with Gasteiger partial charge in [0.2, 0.25) is 0 Å². The molecule has 6 unspecified atom stereocenters. The zero-order valence-electron chi connectivity index (χ0n) is 16.7. The summed E-state index contributed by atoms with van der Waals surface area (Å²) in [4.78, 5) is 0. The van der Waals surface area contributed by atoms with E-state index in [1.807, 2.05) is 0 Å². The summed E-state index contributed by atoms with van der Waals surface area (Å²) in [6.45, 7) is 13.9. The summed E-state index contributed by atoms with van der Waals surface area (Å²) in [5.41, 5.74) is -0.732. The lowest BCUT2D eigenvalue weighted by molar-refractivity contribution is -0.175. The Kier molecular flexibility index (Phi) is 6.42. The second-order valence-electron chi connectivity index (χ2n) is 9.78. The van der Waals surface area contributed by atoms with Crippen LogP contribution in [0.15, 0.2) is 0 Å². The molecule has 0 amide bonds. The molecule has 2 aliphatic rings. The van der Waals surface area contributed by atoms with Crippen molar-refractivity contribution in [3.63, 3.8) is 0 Å². The molecule has 0 aromatic heterocycles. The summed E-state index contributed by atoms with van der Waals surface area (Å²) >= 11 is 0. The van der Waals surface area contributed by atoms with E-state index in [9.17, 15) is 10.2 Å². The van der Waals surface area contributed by atoms with E-state index in [0.29, 0.717) is 41.9 Å². The normalized spacial score (nSPS) is 44.2. The van der Waals surface area contributed by atoms with Gasteiger partial charge >= 0.3 is 0 Å². The van der Waals surface area contributed by atoms with E-state index in [2.05, 4.69) is 41.5 Å². The Morgan fingerprint density at radius 3 is 2.33 bits per heavy atom. The topological polar surface area (TPSA) is 49.7 Å². The van der Waals surface area contributed by atoms with E-state index >= 15 is 0 Å². The second-order valence-corrected chi connectivity index (χ2v) is 9.78. The van der Waals surface area contributed by atoms with E-state index in [1.54, 1.807) is 0 Å². The third-order valence-corrected chi connectivity index (χ3v) is 7.45. The van der Waals surface area contributed by atoms with Crippen LogP contribution >= 0.6 is 0 Å². The molecule has 2 aliphatic carbocycles. The summed E-state index contributed by atoms with van der Waals surface area (Å²) in [7, 11) is 0. The summed E-state index contributed by atoms with van der Waals surface area (Å²) < 4.78 is 6.24. The zero-order chi connectivity index (χ0) is 18.1. The Balaban J connectivity index is 1.94. The lowest BCUT2D eigenvalue weighted by atomic mass is 9.65. The maximum atomic E-state index is 10.9. The Labute approximate surface area is 149 Å². The molecule has 0 aromatic carbocycles. The third-order valence-electron chi connectivity index (χ3n) is 7.45. The Hall–Kier alpha value is -0.120. The number of aliphatic hydroxyl groups excluding tert-OH is 1. The number of hydrogen-bond acceptors (Lipinski definition) is 3. The third kappa shape index (κ3) is 4.34. The lowest BCUT2D eigenvalue weighted by Gasteiger charge is -2.46. The van der Waals surface area contributed by atoms with Crippen LogP contribution < -0.4 is 0 Å². The summed E-state index contributed by atoms with van der Waals surface area (Å²) in [5, 5.41) is 21.4. The average molecular weight is 341 g/mol. The van der Waals surface area contributed by atoms with Crippen LogP contribution in [0, 0.1) is 29.1 Å². The smallest absolute Gasteiger partial charge is 0.114 e. The van der Waals surface area contributed by atoms with Crippen LogP contribution in [0.25, 0.3) is 0 Å². The predicted molar refractivity (Wildman–Crippen MR) is 98.8 cm³/mol. The first kappa shape index (κ1) is 20.2. The predicted octanol–water partition coefficient (Wildman–Crippen LogP) is 4.40. The van der Waals surface area contributed by atoms with Crippen LogP contribution in [0.2, 0.25) is 0 Å². The fraction of sp³-hybridized carbons (Fsp3) is 1.00. The molecule has 0 heterocycles. The van der Waals surface area contributed by atoms with E-state index in [1.165, 1.54) is 12.8 Å². The molecule has 2 saturated carbocycles. The van der Waals surface area contributed by atoms with Crippen molar-refractivity contribution < 1.29 is 14.9 Å². The lowest BCUT2D eigenvalue weighted by Crippen LogP contribution is -2.52. The van der Waals surface area contributed by atoms with Gasteiger partial charge < -0.3 is 14.9 Å². The molecule has 2 rings (SSSR count). The Morgan fingerprint density at radius 1 is 1.12 bits per heavy atom. The monoisotopic (exact) mass is 340 g/mol. The first-order valence-corrected chi connectivity index (χ1v) is 10.1. The molecule has 0 aliphatic heterocycles. The van der Waals surface area contributed by atoms with Crippen molar-refractivity contribution in [2.24, 2.45) is 29.1 Å². The molecular formula is C21H40O3. The van der Waals surface area contributed by atoms with E-state index < -0.39 is 11.7 Å². The maximum absolute atomic E-state index is 10.9. The molecule has 0 bridgehead atoms. The van der Waals surface area contributed by atoms with Crippen LogP contribution in [0.3, 0.4) is 0 Å². The fourth-order valence-electron chi connectivity index (χ4n) is 4.50. The van der Waals surface area contributed by atoms with E-state index in [0.717, 1.165) is 12.8 Å². The molecule has 2 N–H and O–H groups in total. The van der Waals surface area contributed by atoms with Gasteiger partial charge in [-0.15, -0.1) is 0 Å². The number of hydrogen-bond donors (Lipinski definition) is 2. The van der Waals surface area contributed by atoms with E-state index in [4.69, 9.17) is 4.74 Å². The summed E-state index contributed by atoms with van der Waals surface area (Å²) in [6, 6.07) is 0. The SMILES string of the molecule is CC(C)C1CCC(O)(COC2CC(C)(C(C)C)CCC2C)C(O)C1. The molecule has 6 atom stereocenters. The second kappa shape index (κ2) is 7.63. The number of aliphatic hydroxyl groups is 2. The minimum atomic E-state index is -1.06. The van der Waals surface area contributed by atoms with Crippen molar-refractivity contribution >= 4 is 0 Å². The van der Waals surface area contributed by atoms with Crippen molar-refractivity contribution in [3.8, 4) is 0 Å². The van der Waals surface area contributed by atoms with Gasteiger partial charge in [0, 0.05) is 0 Å². The number of rotatable bonds is 5. The van der Waals surface area contributed by atoms with Crippen LogP contribution in [-0.4, -0.2) is 34.6 Å². The Bertz CT molecular complexity index is 408. The van der Waals surface area contributed by atoms with Gasteiger partial charge in [0.1, 0.15) is 5.60 Å². The molecule has 3 heteroatoms. The van der Waals surface area contributed by atoms with Gasteiger partial charge in [0.15, 0.2) is 0 Å². The van der Waals surface area contributed by atoms with Crippen molar-refractivity contribution in [1.82, 2.24) is 0 Å². The molecule has 0 aromatic rings. The zero-order valence-corrected chi connectivity index (χ0v) is 16.7. The van der Waals surface area contributed by atoms with Gasteiger partial charge in [0.25, 0.3) is 0 Å². The van der Waals surface area contributed by atoms with Crippen LogP contribution in [-0.2, 0) is 4.74 Å². The summed E-state index contributed by atoms with van der Waals surface area (Å²) in [6.07, 6.45) is 5.38.